The molecule has 35 heavy (non-hydrogen) atoms. The molecule has 0 spiro atoms. The number of nitrogens with one attached hydrogen (secondary N) is 1. The van der Waals surface area contributed by atoms with Gasteiger partial charge in [-0.2, -0.15) is 0 Å². The molecule has 0 saturated heterocycles. The highest BCUT2D eigenvalue weighted by Gasteiger charge is 2.15. The van der Waals surface area contributed by atoms with Gasteiger partial charge in [-0.1, -0.05) is 12.2 Å². The molecule has 184 valence electrons. The van der Waals surface area contributed by atoms with Gasteiger partial charge in [0.25, 0.3) is 0 Å². The fraction of sp³-hybridized carbons (Fsp3) is 0.231. The minimum Gasteiger partial charge on any atom is -0.496 e. The van der Waals surface area contributed by atoms with Gasteiger partial charge in [0.05, 0.1) is 34.0 Å². The van der Waals surface area contributed by atoms with Gasteiger partial charge >= 0.3 is 5.97 Å². The highest BCUT2D eigenvalue weighted by atomic mass is 16.6. The van der Waals surface area contributed by atoms with E-state index in [4.69, 9.17) is 23.7 Å². The number of nitrogens with zero attached hydrogens (tertiary/aromatic N) is 1. The Morgan fingerprint density at radius 3 is 2.23 bits per heavy atom. The van der Waals surface area contributed by atoms with Crippen LogP contribution >= 0.6 is 0 Å². The van der Waals surface area contributed by atoms with Gasteiger partial charge in [-0.05, 0) is 30.5 Å². The second-order valence-corrected chi connectivity index (χ2v) is 7.31. The summed E-state index contributed by atoms with van der Waals surface area (Å²) in [6.45, 7) is 0.698. The van der Waals surface area contributed by atoms with Crippen molar-refractivity contribution in [2.24, 2.45) is 0 Å². The van der Waals surface area contributed by atoms with E-state index in [0.717, 1.165) is 0 Å². The normalized spacial score (nSPS) is 12.4. The summed E-state index contributed by atoms with van der Waals surface area (Å²) < 4.78 is 26.8. The summed E-state index contributed by atoms with van der Waals surface area (Å²) in [5.41, 5.74) is 1.01. The van der Waals surface area contributed by atoms with E-state index in [1.165, 1.54) is 33.5 Å². The average molecular weight is 481 g/mol. The molecule has 2 aromatic carbocycles. The number of carbonyl (C=O) groups excluding carboxylic acids is 2. The summed E-state index contributed by atoms with van der Waals surface area (Å²) in [6.07, 6.45) is 10.4. The van der Waals surface area contributed by atoms with Crippen LogP contribution in [0.4, 0.5) is 5.69 Å². The monoisotopic (exact) mass is 480 g/mol. The molecule has 1 amide bonds. The Balaban J connectivity index is 1.71. The molecule has 0 fully saturated rings. The molecule has 0 bridgehead atoms. The van der Waals surface area contributed by atoms with Crippen molar-refractivity contribution in [1.29, 1.82) is 0 Å². The second-order valence-electron chi connectivity index (χ2n) is 7.31. The molecule has 1 heterocycles. The summed E-state index contributed by atoms with van der Waals surface area (Å²) in [4.78, 5) is 26.8. The number of rotatable bonds is 10. The van der Waals surface area contributed by atoms with Gasteiger partial charge in [-0.25, -0.2) is 4.79 Å². The summed E-state index contributed by atoms with van der Waals surface area (Å²) >= 11 is 0. The maximum absolute atomic E-state index is 12.6. The van der Waals surface area contributed by atoms with Crippen molar-refractivity contribution in [1.82, 2.24) is 4.90 Å². The number of benzene rings is 2. The fourth-order valence-electron chi connectivity index (χ4n) is 3.32. The highest BCUT2D eigenvalue weighted by Crippen LogP contribution is 2.35. The minimum atomic E-state index is -0.453. The van der Waals surface area contributed by atoms with E-state index < -0.39 is 11.9 Å². The van der Waals surface area contributed by atoms with Crippen LogP contribution in [-0.4, -0.2) is 58.3 Å². The van der Waals surface area contributed by atoms with Gasteiger partial charge in [0.15, 0.2) is 11.5 Å². The molecule has 2 aromatic rings. The van der Waals surface area contributed by atoms with E-state index in [1.54, 1.807) is 37.5 Å². The number of amides is 1. The topological polar surface area (TPSA) is 95.6 Å². The molecule has 1 N–H and O–H groups in total. The quantitative estimate of drug-likeness (QED) is 0.313. The molecule has 9 heteroatoms. The SMILES string of the molecule is COc1cc(OC)c(/C=C/C(=O)Nc2ccc(OC)c(OC(=O)CN3C=CC=CC3)c2)c(OC)c1. The van der Waals surface area contributed by atoms with Crippen LogP contribution in [0.15, 0.2) is 60.8 Å². The lowest BCUT2D eigenvalue weighted by Gasteiger charge is -2.19. The molecule has 9 nitrogen and oxygen atoms in total. The Kier molecular flexibility index (Phi) is 8.77. The Morgan fingerprint density at radius 2 is 1.63 bits per heavy atom. The van der Waals surface area contributed by atoms with Crippen molar-refractivity contribution in [3.05, 3.63) is 66.4 Å². The van der Waals surface area contributed by atoms with E-state index in [0.29, 0.717) is 40.8 Å². The number of hydrogen-bond donors (Lipinski definition) is 1. The number of methoxy groups -OCH3 is 4. The lowest BCUT2D eigenvalue weighted by atomic mass is 10.1. The molecule has 1 aliphatic rings. The zero-order chi connectivity index (χ0) is 25.2. The third-order valence-electron chi connectivity index (χ3n) is 5.03. The van der Waals surface area contributed by atoms with Crippen LogP contribution in [0.2, 0.25) is 0 Å². The first-order valence-electron chi connectivity index (χ1n) is 10.7. The average Bonchev–Trinajstić information content (AvgIpc) is 2.87. The van der Waals surface area contributed by atoms with Crippen molar-refractivity contribution >= 4 is 23.6 Å². The largest absolute Gasteiger partial charge is 0.496 e. The molecule has 0 aromatic heterocycles. The van der Waals surface area contributed by atoms with Gasteiger partial charge in [-0.15, -0.1) is 0 Å². The van der Waals surface area contributed by atoms with Crippen molar-refractivity contribution in [2.45, 2.75) is 0 Å². The third kappa shape index (κ3) is 6.80. The standard InChI is InChI=1S/C26H28N2O7/c1-31-19-15-22(33-3)20(23(16-19)34-4)9-11-25(29)27-18-8-10-21(32-2)24(14-18)35-26(30)17-28-12-6-5-7-13-28/h5-12,14-16H,13,17H2,1-4H3,(H,27,29)/b11-9+. The van der Waals surface area contributed by atoms with Crippen LogP contribution in [0.5, 0.6) is 28.7 Å². The maximum Gasteiger partial charge on any atom is 0.331 e. The molecular formula is C26H28N2O7. The third-order valence-corrected chi connectivity index (χ3v) is 5.03. The minimum absolute atomic E-state index is 0.0782. The van der Waals surface area contributed by atoms with Crippen LogP contribution in [0.3, 0.4) is 0 Å². The molecule has 0 aliphatic carbocycles. The molecule has 0 radical (unpaired) electrons. The van der Waals surface area contributed by atoms with Crippen LogP contribution in [0.1, 0.15) is 5.56 Å². The molecule has 1 aliphatic heterocycles. The van der Waals surface area contributed by atoms with E-state index in [-0.39, 0.29) is 12.3 Å². The Bertz CT molecular complexity index is 1130. The number of allylic oxidation sites excluding steroid dienone is 2. The second kappa shape index (κ2) is 12.2. The van der Waals surface area contributed by atoms with E-state index >= 15 is 0 Å². The summed E-state index contributed by atoms with van der Waals surface area (Å²) in [5, 5.41) is 2.75. The first-order valence-corrected chi connectivity index (χ1v) is 10.7. The van der Waals surface area contributed by atoms with Gasteiger partial charge < -0.3 is 33.9 Å². The summed E-state index contributed by atoms with van der Waals surface area (Å²) in [6, 6.07) is 8.18. The number of carbonyl (C=O) groups is 2. The van der Waals surface area contributed by atoms with Crippen LogP contribution in [0, 0.1) is 0 Å². The van der Waals surface area contributed by atoms with E-state index in [2.05, 4.69) is 5.32 Å². The Morgan fingerprint density at radius 1 is 0.914 bits per heavy atom. The zero-order valence-corrected chi connectivity index (χ0v) is 20.1. The Hall–Kier alpha value is -4.40. The summed E-state index contributed by atoms with van der Waals surface area (Å²) in [7, 11) is 6.05. The molecule has 0 unspecified atom stereocenters. The fourth-order valence-corrected chi connectivity index (χ4v) is 3.32. The molecule has 0 saturated carbocycles. The number of hydrogen-bond acceptors (Lipinski definition) is 8. The number of esters is 1. The van der Waals surface area contributed by atoms with Crippen LogP contribution in [-0.2, 0) is 9.59 Å². The zero-order valence-electron chi connectivity index (χ0n) is 20.1. The van der Waals surface area contributed by atoms with Crippen molar-refractivity contribution in [3.63, 3.8) is 0 Å². The van der Waals surface area contributed by atoms with Crippen molar-refractivity contribution < 1.29 is 33.3 Å². The molecular weight excluding hydrogens is 452 g/mol. The van der Waals surface area contributed by atoms with Gasteiger partial charge in [0, 0.05) is 36.5 Å². The predicted molar refractivity (Wildman–Crippen MR) is 132 cm³/mol. The maximum atomic E-state index is 12.6. The lowest BCUT2D eigenvalue weighted by molar-refractivity contribution is -0.135. The lowest BCUT2D eigenvalue weighted by Crippen LogP contribution is -2.29. The molecule has 0 atom stereocenters. The van der Waals surface area contributed by atoms with Crippen LogP contribution in [0.25, 0.3) is 6.08 Å². The van der Waals surface area contributed by atoms with Gasteiger partial charge in [0.2, 0.25) is 5.91 Å². The summed E-state index contributed by atoms with van der Waals surface area (Å²) in [5.74, 6) is 1.25. The highest BCUT2D eigenvalue weighted by molar-refractivity contribution is 6.02. The molecule has 3 rings (SSSR count). The van der Waals surface area contributed by atoms with Gasteiger partial charge in [0.1, 0.15) is 23.8 Å². The van der Waals surface area contributed by atoms with Crippen molar-refractivity contribution in [2.75, 3.05) is 46.8 Å². The smallest absolute Gasteiger partial charge is 0.331 e. The van der Waals surface area contributed by atoms with Crippen molar-refractivity contribution in [3.8, 4) is 28.7 Å². The van der Waals surface area contributed by atoms with E-state index in [9.17, 15) is 9.59 Å². The number of anilines is 1. The van der Waals surface area contributed by atoms with Gasteiger partial charge in [-0.3, -0.25) is 4.79 Å². The van der Waals surface area contributed by atoms with E-state index in [1.807, 2.05) is 29.3 Å². The predicted octanol–water partition coefficient (Wildman–Crippen LogP) is 3.66. The first kappa shape index (κ1) is 25.2. The van der Waals surface area contributed by atoms with Crippen LogP contribution < -0.4 is 29.0 Å². The Labute approximate surface area is 204 Å². The number of ether oxygens (including phenoxy) is 5. The first-order chi connectivity index (χ1) is 17.0.